The second-order valence-corrected chi connectivity index (χ2v) is 6.84. The van der Waals surface area contributed by atoms with E-state index in [4.69, 9.17) is 9.84 Å². The Morgan fingerprint density at radius 3 is 2.59 bits per heavy atom. The zero-order valence-electron chi connectivity index (χ0n) is 14.0. The van der Waals surface area contributed by atoms with E-state index >= 15 is 0 Å². The number of carboxylic acids is 1. The Balaban J connectivity index is 1.91. The molecule has 0 amide bonds. The van der Waals surface area contributed by atoms with Crippen LogP contribution in [0, 0.1) is 0 Å². The van der Waals surface area contributed by atoms with Crippen molar-refractivity contribution in [2.24, 2.45) is 7.05 Å². The molecule has 1 N–H and O–H groups in total. The fourth-order valence-corrected chi connectivity index (χ4v) is 2.78. The minimum Gasteiger partial charge on any atom is -0.744 e. The van der Waals surface area contributed by atoms with Gasteiger partial charge in [-0.05, 0) is 47.6 Å². The summed E-state index contributed by atoms with van der Waals surface area (Å²) in [5.74, 6) is -0.379. The monoisotopic (exact) mass is 390 g/mol. The maximum absolute atomic E-state index is 11.0. The Labute approximate surface area is 154 Å². The van der Waals surface area contributed by atoms with E-state index in [2.05, 4.69) is 10.2 Å². The lowest BCUT2D eigenvalue weighted by Crippen LogP contribution is -2.41. The Kier molecular flexibility index (Phi) is 4.88. The Morgan fingerprint density at radius 2 is 1.96 bits per heavy atom. The van der Waals surface area contributed by atoms with Crippen molar-refractivity contribution < 1.29 is 32.4 Å². The van der Waals surface area contributed by atoms with Gasteiger partial charge in [-0.1, -0.05) is 10.9 Å². The number of hydrogen-bond donors (Lipinski definition) is 1. The molecule has 0 atom stereocenters. The first-order chi connectivity index (χ1) is 12.7. The quantitative estimate of drug-likeness (QED) is 0.463. The number of benzene rings is 2. The largest absolute Gasteiger partial charge is 0.744 e. The van der Waals surface area contributed by atoms with E-state index in [0.29, 0.717) is 22.8 Å². The smallest absolute Gasteiger partial charge is 0.341 e. The minimum absolute atomic E-state index is 0.336. The first kappa shape index (κ1) is 18.5. The summed E-state index contributed by atoms with van der Waals surface area (Å²) >= 11 is 0. The van der Waals surface area contributed by atoms with Gasteiger partial charge in [-0.15, -0.1) is 0 Å². The molecule has 3 aromatic rings. The summed E-state index contributed by atoms with van der Waals surface area (Å²) in [6, 6.07) is 11.9. The summed E-state index contributed by atoms with van der Waals surface area (Å²) in [6.45, 7) is -0.464. The van der Waals surface area contributed by atoms with Gasteiger partial charge in [0, 0.05) is 4.80 Å². The summed E-state index contributed by atoms with van der Waals surface area (Å²) in [6.07, 6.45) is 0. The van der Waals surface area contributed by atoms with Crippen LogP contribution in [0.1, 0.15) is 0 Å². The summed E-state index contributed by atoms with van der Waals surface area (Å²) < 4.78 is 38.2. The van der Waals surface area contributed by atoms with E-state index < -0.39 is 22.7 Å². The molecule has 0 fully saturated rings. The third kappa shape index (κ3) is 4.27. The number of aromatic nitrogens is 4. The highest BCUT2D eigenvalue weighted by atomic mass is 32.2. The third-order valence-corrected chi connectivity index (χ3v) is 4.36. The molecule has 140 valence electrons. The molecule has 0 aliphatic carbocycles. The van der Waals surface area contributed by atoms with Gasteiger partial charge < -0.3 is 14.4 Å². The van der Waals surface area contributed by atoms with Gasteiger partial charge >= 0.3 is 11.8 Å². The number of tetrazole rings is 1. The van der Waals surface area contributed by atoms with Gasteiger partial charge in [-0.3, -0.25) is 0 Å². The van der Waals surface area contributed by atoms with Crippen LogP contribution in [0.4, 0.5) is 0 Å². The molecule has 1 heterocycles. The number of ether oxygens (including phenoxy) is 1. The van der Waals surface area contributed by atoms with E-state index in [1.54, 1.807) is 31.3 Å². The molecule has 0 aliphatic rings. The molecule has 1 aromatic heterocycles. The van der Waals surface area contributed by atoms with Gasteiger partial charge in [0.05, 0.1) is 15.6 Å². The zero-order valence-corrected chi connectivity index (χ0v) is 14.8. The Hall–Kier alpha value is -3.31. The predicted octanol–water partition coefficient (Wildman–Crippen LogP) is 0.126. The molecule has 3 rings (SSSR count). The molecule has 0 radical (unpaired) electrons. The molecule has 0 unspecified atom stereocenters. The van der Waals surface area contributed by atoms with Crippen LogP contribution in [0.15, 0.2) is 53.4 Å². The number of aliphatic carboxylic acids is 1. The van der Waals surface area contributed by atoms with Crippen molar-refractivity contribution in [3.63, 3.8) is 0 Å². The average molecular weight is 390 g/mol. The molecule has 10 nitrogen and oxygen atoms in total. The molecule has 11 heteroatoms. The molecular weight excluding hydrogens is 376 g/mol. The van der Waals surface area contributed by atoms with Crippen LogP contribution in [0.5, 0.6) is 5.75 Å². The van der Waals surface area contributed by atoms with Gasteiger partial charge in [-0.25, -0.2) is 13.2 Å². The highest BCUT2D eigenvalue weighted by molar-refractivity contribution is 7.85. The summed E-state index contributed by atoms with van der Waals surface area (Å²) in [4.78, 5) is 13.1. The van der Waals surface area contributed by atoms with Crippen molar-refractivity contribution in [1.82, 2.24) is 15.0 Å². The van der Waals surface area contributed by atoms with E-state index in [0.717, 1.165) is 0 Å². The number of carboxylic acid groups (broad SMARTS) is 1. The lowest BCUT2D eigenvalue weighted by Gasteiger charge is -2.06. The number of nitrogens with zero attached hydrogens (tertiary/aromatic N) is 4. The van der Waals surface area contributed by atoms with Crippen LogP contribution in [-0.2, 0) is 22.0 Å². The molecule has 0 spiro atoms. The molecule has 2 aromatic carbocycles. The SMILES string of the molecule is C[n+]1nc(-c2cccc(OCC(=O)O)c2)nn1-c1ccc(S(=O)(=O)[O-])cc1. The second kappa shape index (κ2) is 7.13. The van der Waals surface area contributed by atoms with Crippen LogP contribution < -0.4 is 9.53 Å². The van der Waals surface area contributed by atoms with Crippen LogP contribution in [0.25, 0.3) is 17.1 Å². The number of aryl methyl sites for hydroxylation is 1. The van der Waals surface area contributed by atoms with Gasteiger partial charge in [0.25, 0.3) is 0 Å². The average Bonchev–Trinajstić information content (AvgIpc) is 3.01. The minimum atomic E-state index is -4.52. The van der Waals surface area contributed by atoms with Gasteiger partial charge in [-0.2, -0.15) is 0 Å². The van der Waals surface area contributed by atoms with Crippen molar-refractivity contribution in [2.45, 2.75) is 4.90 Å². The van der Waals surface area contributed by atoms with Crippen molar-refractivity contribution in [3.05, 3.63) is 48.5 Å². The zero-order chi connectivity index (χ0) is 19.6. The van der Waals surface area contributed by atoms with Gasteiger partial charge in [0.15, 0.2) is 6.61 Å². The van der Waals surface area contributed by atoms with Gasteiger partial charge in [0.2, 0.25) is 0 Å². The fraction of sp³-hybridized carbons (Fsp3) is 0.125. The Bertz CT molecular complexity index is 1090. The van der Waals surface area contributed by atoms with E-state index in [1.165, 1.54) is 33.9 Å². The molecule has 0 bridgehead atoms. The van der Waals surface area contributed by atoms with Crippen LogP contribution in [-0.4, -0.2) is 45.6 Å². The van der Waals surface area contributed by atoms with Crippen LogP contribution in [0.3, 0.4) is 0 Å². The molecular formula is C16H14N4O6S. The number of rotatable bonds is 6. The predicted molar refractivity (Wildman–Crippen MR) is 89.1 cm³/mol. The molecule has 0 aliphatic heterocycles. The van der Waals surface area contributed by atoms with Crippen molar-refractivity contribution in [2.75, 3.05) is 6.61 Å². The number of hydrogen-bond acceptors (Lipinski definition) is 7. The summed E-state index contributed by atoms with van der Waals surface area (Å²) in [7, 11) is -2.89. The highest BCUT2D eigenvalue weighted by Crippen LogP contribution is 2.21. The van der Waals surface area contributed by atoms with Crippen LogP contribution >= 0.6 is 0 Å². The summed E-state index contributed by atoms with van der Waals surface area (Å²) in [5, 5.41) is 17.3. The fourth-order valence-electron chi connectivity index (χ4n) is 2.31. The molecule has 27 heavy (non-hydrogen) atoms. The lowest BCUT2D eigenvalue weighted by atomic mass is 10.2. The molecule has 0 saturated heterocycles. The van der Waals surface area contributed by atoms with E-state index in [1.807, 2.05) is 0 Å². The van der Waals surface area contributed by atoms with Gasteiger partial charge in [0.1, 0.15) is 28.6 Å². The van der Waals surface area contributed by atoms with Crippen molar-refractivity contribution in [1.29, 1.82) is 0 Å². The molecule has 0 saturated carbocycles. The second-order valence-electron chi connectivity index (χ2n) is 5.46. The maximum Gasteiger partial charge on any atom is 0.341 e. The first-order valence-electron chi connectivity index (χ1n) is 7.59. The van der Waals surface area contributed by atoms with Crippen molar-refractivity contribution in [3.8, 4) is 22.8 Å². The summed E-state index contributed by atoms with van der Waals surface area (Å²) in [5.41, 5.74) is 1.10. The van der Waals surface area contributed by atoms with Crippen LogP contribution in [0.2, 0.25) is 0 Å². The van der Waals surface area contributed by atoms with E-state index in [-0.39, 0.29) is 4.90 Å². The Morgan fingerprint density at radius 1 is 1.26 bits per heavy atom. The maximum atomic E-state index is 11.0. The number of carbonyl (C=O) groups is 1. The van der Waals surface area contributed by atoms with E-state index in [9.17, 15) is 17.8 Å². The highest BCUT2D eigenvalue weighted by Gasteiger charge is 2.20. The normalized spacial score (nSPS) is 11.3. The standard InChI is InChI=1S/C16H14N4O6S/c1-19-17-16(11-3-2-4-13(9-11)26-10-15(21)22)18-20(19)12-5-7-14(8-6-12)27(23,24)25/h2-9H,10H2,1H3,(H-,21,22,23,24,25). The first-order valence-corrected chi connectivity index (χ1v) is 9.00. The third-order valence-electron chi connectivity index (χ3n) is 3.51. The van der Waals surface area contributed by atoms with Crippen molar-refractivity contribution >= 4 is 16.1 Å². The topological polar surface area (TPSA) is 138 Å². The lowest BCUT2D eigenvalue weighted by molar-refractivity contribution is -0.800.